The minimum absolute atomic E-state index is 0.0633. The molecule has 2 amide bonds. The van der Waals surface area contributed by atoms with E-state index in [2.05, 4.69) is 16.9 Å². The second-order valence-corrected chi connectivity index (χ2v) is 8.39. The molecule has 7 heteroatoms. The normalized spacial score (nSPS) is 34.3. The number of ether oxygens (including phenoxy) is 1. The lowest BCUT2D eigenvalue weighted by molar-refractivity contribution is -0.144. The van der Waals surface area contributed by atoms with Crippen molar-refractivity contribution < 1.29 is 14.3 Å². The summed E-state index contributed by atoms with van der Waals surface area (Å²) in [5.41, 5.74) is 0.538. The quantitative estimate of drug-likeness (QED) is 0.695. The van der Waals surface area contributed by atoms with Crippen LogP contribution in [0.5, 0.6) is 0 Å². The molecule has 2 bridgehead atoms. The van der Waals surface area contributed by atoms with E-state index in [1.807, 2.05) is 34.1 Å². The first-order chi connectivity index (χ1) is 13.6. The molecule has 4 aliphatic rings. The van der Waals surface area contributed by atoms with E-state index in [1.165, 1.54) is 0 Å². The summed E-state index contributed by atoms with van der Waals surface area (Å²) >= 11 is 0. The zero-order valence-corrected chi connectivity index (χ0v) is 16.2. The lowest BCUT2D eigenvalue weighted by atomic mass is 9.76. The van der Waals surface area contributed by atoms with E-state index in [9.17, 15) is 9.59 Å². The van der Waals surface area contributed by atoms with Crippen molar-refractivity contribution in [2.75, 3.05) is 46.3 Å². The highest BCUT2D eigenvalue weighted by atomic mass is 16.5. The standard InChI is InChI=1S/C21H26N4O3/c1-23-10-12-24(13-11-23)19(26)17-16-2-6-21(28-16)14-25(20(27)18(17)21)9-5-15-3-7-22-8-4-15/h2-4,6-8,16-18H,5,9-14H2,1H3/t16-,17?,18?,21-/m0/s1. The van der Waals surface area contributed by atoms with E-state index >= 15 is 0 Å². The number of rotatable bonds is 4. The summed E-state index contributed by atoms with van der Waals surface area (Å²) in [6.45, 7) is 4.38. The Labute approximate surface area is 164 Å². The second kappa shape index (κ2) is 6.67. The molecule has 1 aromatic heterocycles. The first kappa shape index (κ1) is 17.8. The molecule has 5 heterocycles. The highest BCUT2D eigenvalue weighted by molar-refractivity contribution is 5.93. The number of nitrogens with zero attached hydrogens (tertiary/aromatic N) is 4. The molecule has 0 saturated carbocycles. The Bertz CT molecular complexity index is 805. The molecule has 0 aliphatic carbocycles. The van der Waals surface area contributed by atoms with Gasteiger partial charge in [-0.3, -0.25) is 14.6 Å². The molecule has 3 saturated heterocycles. The van der Waals surface area contributed by atoms with Gasteiger partial charge in [0.2, 0.25) is 11.8 Å². The van der Waals surface area contributed by atoms with Crippen LogP contribution in [0.25, 0.3) is 0 Å². The smallest absolute Gasteiger partial charge is 0.230 e. The Hall–Kier alpha value is -2.25. The molecular weight excluding hydrogens is 356 g/mol. The van der Waals surface area contributed by atoms with Crippen molar-refractivity contribution in [1.82, 2.24) is 19.7 Å². The minimum atomic E-state index is -0.618. The van der Waals surface area contributed by atoms with Crippen LogP contribution in [0.2, 0.25) is 0 Å². The van der Waals surface area contributed by atoms with Gasteiger partial charge < -0.3 is 19.4 Å². The summed E-state index contributed by atoms with van der Waals surface area (Å²) in [6.07, 6.45) is 8.08. The summed E-state index contributed by atoms with van der Waals surface area (Å²) in [5.74, 6) is -0.619. The van der Waals surface area contributed by atoms with E-state index < -0.39 is 5.60 Å². The molecule has 4 atom stereocenters. The average molecular weight is 382 g/mol. The molecule has 0 radical (unpaired) electrons. The number of piperazine rings is 1. The Kier molecular flexibility index (Phi) is 4.25. The molecular formula is C21H26N4O3. The number of hydrogen-bond acceptors (Lipinski definition) is 5. The van der Waals surface area contributed by atoms with E-state index in [4.69, 9.17) is 4.74 Å². The van der Waals surface area contributed by atoms with E-state index in [1.54, 1.807) is 12.4 Å². The summed E-state index contributed by atoms with van der Waals surface area (Å²) < 4.78 is 6.24. The Morgan fingerprint density at radius 1 is 1.25 bits per heavy atom. The maximum atomic E-state index is 13.3. The van der Waals surface area contributed by atoms with Crippen molar-refractivity contribution in [2.24, 2.45) is 11.8 Å². The number of hydrogen-bond donors (Lipinski definition) is 0. The molecule has 3 fully saturated rings. The number of likely N-dealkylation sites (tertiary alicyclic amines) is 1. The van der Waals surface area contributed by atoms with Gasteiger partial charge in [0.1, 0.15) is 5.60 Å². The van der Waals surface area contributed by atoms with Gasteiger partial charge in [-0.1, -0.05) is 12.2 Å². The molecule has 0 aromatic carbocycles. The fraction of sp³-hybridized carbons (Fsp3) is 0.571. The fourth-order valence-electron chi connectivity index (χ4n) is 5.10. The van der Waals surface area contributed by atoms with Crippen molar-refractivity contribution in [1.29, 1.82) is 0 Å². The van der Waals surface area contributed by atoms with Crippen molar-refractivity contribution >= 4 is 11.8 Å². The lowest BCUT2D eigenvalue weighted by Gasteiger charge is -2.35. The van der Waals surface area contributed by atoms with Crippen molar-refractivity contribution in [3.63, 3.8) is 0 Å². The maximum Gasteiger partial charge on any atom is 0.230 e. The second-order valence-electron chi connectivity index (χ2n) is 8.39. The monoisotopic (exact) mass is 382 g/mol. The van der Waals surface area contributed by atoms with Crippen LogP contribution in [0, 0.1) is 11.8 Å². The third kappa shape index (κ3) is 2.76. The topological polar surface area (TPSA) is 66.0 Å². The molecule has 0 N–H and O–H groups in total. The molecule has 4 aliphatic heterocycles. The zero-order valence-electron chi connectivity index (χ0n) is 16.2. The SMILES string of the molecule is CN1CCN(C(=O)C2C3C(=O)N(CCc4ccncc4)C[C@@]34C=C[C@@H]2O4)CC1. The number of amides is 2. The number of carbonyl (C=O) groups excluding carboxylic acids is 2. The number of likely N-dealkylation sites (N-methyl/N-ethyl adjacent to an activating group) is 1. The van der Waals surface area contributed by atoms with Gasteiger partial charge in [-0.05, 0) is 31.2 Å². The minimum Gasteiger partial charge on any atom is -0.360 e. The van der Waals surface area contributed by atoms with Gasteiger partial charge in [-0.25, -0.2) is 0 Å². The summed E-state index contributed by atoms with van der Waals surface area (Å²) in [6, 6.07) is 3.95. The molecule has 28 heavy (non-hydrogen) atoms. The van der Waals surface area contributed by atoms with Crippen molar-refractivity contribution in [3.8, 4) is 0 Å². The van der Waals surface area contributed by atoms with Crippen LogP contribution in [-0.2, 0) is 20.7 Å². The van der Waals surface area contributed by atoms with Gasteiger partial charge in [0.15, 0.2) is 0 Å². The van der Waals surface area contributed by atoms with E-state index in [0.717, 1.165) is 38.2 Å². The van der Waals surface area contributed by atoms with Crippen LogP contribution < -0.4 is 0 Å². The fourth-order valence-corrected chi connectivity index (χ4v) is 5.10. The van der Waals surface area contributed by atoms with Gasteiger partial charge >= 0.3 is 0 Å². The van der Waals surface area contributed by atoms with Crippen LogP contribution in [0.1, 0.15) is 5.56 Å². The van der Waals surface area contributed by atoms with Gasteiger partial charge in [0.25, 0.3) is 0 Å². The third-order valence-electron chi connectivity index (χ3n) is 6.70. The average Bonchev–Trinajstić information content (AvgIpc) is 3.35. The van der Waals surface area contributed by atoms with Gasteiger partial charge in [0, 0.05) is 45.1 Å². The van der Waals surface area contributed by atoms with Gasteiger partial charge in [-0.15, -0.1) is 0 Å². The number of fused-ring (bicyclic) bond motifs is 1. The molecule has 1 spiro atoms. The van der Waals surface area contributed by atoms with Crippen LogP contribution in [0.15, 0.2) is 36.7 Å². The zero-order chi connectivity index (χ0) is 19.3. The first-order valence-electron chi connectivity index (χ1n) is 10.1. The van der Waals surface area contributed by atoms with E-state index in [0.29, 0.717) is 13.1 Å². The Morgan fingerprint density at radius 3 is 2.75 bits per heavy atom. The molecule has 2 unspecified atom stereocenters. The lowest BCUT2D eigenvalue weighted by Crippen LogP contribution is -2.52. The van der Waals surface area contributed by atoms with Crippen molar-refractivity contribution in [2.45, 2.75) is 18.1 Å². The molecule has 5 rings (SSSR count). The number of aromatic nitrogens is 1. The highest BCUT2D eigenvalue weighted by Crippen LogP contribution is 2.52. The first-order valence-corrected chi connectivity index (χ1v) is 10.1. The highest BCUT2D eigenvalue weighted by Gasteiger charge is 2.67. The Balaban J connectivity index is 1.32. The molecule has 148 valence electrons. The Morgan fingerprint density at radius 2 is 2.00 bits per heavy atom. The van der Waals surface area contributed by atoms with Crippen LogP contribution in [-0.4, -0.2) is 89.5 Å². The maximum absolute atomic E-state index is 13.3. The predicted octanol–water partition coefficient (Wildman–Crippen LogP) is 0.180. The number of pyridine rings is 1. The summed E-state index contributed by atoms with van der Waals surface area (Å²) in [4.78, 5) is 36.6. The van der Waals surface area contributed by atoms with Crippen LogP contribution in [0.3, 0.4) is 0 Å². The van der Waals surface area contributed by atoms with Crippen LogP contribution >= 0.6 is 0 Å². The summed E-state index contributed by atoms with van der Waals surface area (Å²) in [5, 5.41) is 0. The largest absolute Gasteiger partial charge is 0.360 e. The van der Waals surface area contributed by atoms with Crippen molar-refractivity contribution in [3.05, 3.63) is 42.2 Å². The predicted molar refractivity (Wildman–Crippen MR) is 102 cm³/mol. The van der Waals surface area contributed by atoms with Gasteiger partial charge in [0.05, 0.1) is 24.5 Å². The van der Waals surface area contributed by atoms with Crippen LogP contribution in [0.4, 0.5) is 0 Å². The van der Waals surface area contributed by atoms with Gasteiger partial charge in [-0.2, -0.15) is 0 Å². The van der Waals surface area contributed by atoms with E-state index in [-0.39, 0.29) is 29.8 Å². The molecule has 7 nitrogen and oxygen atoms in total. The number of carbonyl (C=O) groups is 2. The third-order valence-corrected chi connectivity index (χ3v) is 6.70. The molecule has 1 aromatic rings. The summed E-state index contributed by atoms with van der Waals surface area (Å²) in [7, 11) is 2.07.